The minimum absolute atomic E-state index is 0.0773. The van der Waals surface area contributed by atoms with E-state index in [-0.39, 0.29) is 18.2 Å². The summed E-state index contributed by atoms with van der Waals surface area (Å²) in [6.07, 6.45) is 1.49. The summed E-state index contributed by atoms with van der Waals surface area (Å²) < 4.78 is 21.4. The van der Waals surface area contributed by atoms with Crippen LogP contribution in [0.4, 0.5) is 11.4 Å². The summed E-state index contributed by atoms with van der Waals surface area (Å²) in [6, 6.07) is 4.83. The van der Waals surface area contributed by atoms with E-state index in [2.05, 4.69) is 20.4 Å². The highest BCUT2D eigenvalue weighted by molar-refractivity contribution is 5.95. The van der Waals surface area contributed by atoms with Gasteiger partial charge in [0.25, 0.3) is 5.91 Å². The summed E-state index contributed by atoms with van der Waals surface area (Å²) in [5.41, 5.74) is 12.8. The van der Waals surface area contributed by atoms with Crippen LogP contribution in [-0.2, 0) is 28.5 Å². The molecule has 40 heavy (non-hydrogen) atoms. The van der Waals surface area contributed by atoms with E-state index in [0.717, 1.165) is 19.4 Å². The molecule has 0 saturated carbocycles. The first-order valence-corrected chi connectivity index (χ1v) is 13.6. The molecular weight excluding hydrogens is 520 g/mol. The number of carbonyl (C=O) groups excluding carboxylic acids is 3. The topological polar surface area (TPSA) is 171 Å². The summed E-state index contributed by atoms with van der Waals surface area (Å²) in [6.45, 7) is 7.28. The molecular formula is C27H48N6O7. The van der Waals surface area contributed by atoms with Gasteiger partial charge in [-0.3, -0.25) is 14.5 Å². The molecule has 0 bridgehead atoms. The Kier molecular flexibility index (Phi) is 20.2. The van der Waals surface area contributed by atoms with E-state index < -0.39 is 0 Å². The fourth-order valence-corrected chi connectivity index (χ4v) is 3.32. The molecule has 0 fully saturated rings. The smallest absolute Gasteiger partial charge is 0.251 e. The van der Waals surface area contributed by atoms with Crippen LogP contribution in [0, 0.1) is 0 Å². The zero-order valence-electron chi connectivity index (χ0n) is 24.0. The Labute approximate surface area is 237 Å². The Balaban J connectivity index is 2.12. The van der Waals surface area contributed by atoms with Crippen LogP contribution in [0.5, 0.6) is 0 Å². The third-order valence-electron chi connectivity index (χ3n) is 5.65. The second-order valence-electron chi connectivity index (χ2n) is 9.25. The first-order chi connectivity index (χ1) is 19.3. The van der Waals surface area contributed by atoms with E-state index in [0.29, 0.717) is 102 Å². The number of nitrogens with two attached hydrogens (primary N) is 2. The molecule has 13 heteroatoms. The predicted molar refractivity (Wildman–Crippen MR) is 154 cm³/mol. The Morgan fingerprint density at radius 2 is 1.35 bits per heavy atom. The van der Waals surface area contributed by atoms with Crippen molar-refractivity contribution in [1.29, 1.82) is 0 Å². The van der Waals surface area contributed by atoms with E-state index in [4.69, 9.17) is 30.4 Å². The van der Waals surface area contributed by atoms with Gasteiger partial charge in [0.2, 0.25) is 5.91 Å². The summed E-state index contributed by atoms with van der Waals surface area (Å²) in [5, 5.41) is 5.83. The number of amides is 2. The SMILES string of the molecule is CN(C)CCN(CCNC(=O)CCOCCOCCOCCOCCC=O)CCNC(=O)c1ccc(N)c(N)c1. The highest BCUT2D eigenvalue weighted by Crippen LogP contribution is 2.15. The number of nitrogens with one attached hydrogen (secondary N) is 2. The number of likely N-dealkylation sites (N-methyl/N-ethyl adjacent to an activating group) is 1. The van der Waals surface area contributed by atoms with Gasteiger partial charge in [0, 0.05) is 57.7 Å². The number of nitrogen functional groups attached to an aromatic ring is 2. The highest BCUT2D eigenvalue weighted by Gasteiger charge is 2.10. The third-order valence-corrected chi connectivity index (χ3v) is 5.65. The minimum atomic E-state index is -0.208. The highest BCUT2D eigenvalue weighted by atomic mass is 16.6. The van der Waals surface area contributed by atoms with E-state index in [9.17, 15) is 14.4 Å². The van der Waals surface area contributed by atoms with E-state index >= 15 is 0 Å². The second-order valence-corrected chi connectivity index (χ2v) is 9.25. The fraction of sp³-hybridized carbons (Fsp3) is 0.667. The maximum atomic E-state index is 12.4. The molecule has 0 aliphatic heterocycles. The molecule has 0 atom stereocenters. The number of carbonyl (C=O) groups is 3. The van der Waals surface area contributed by atoms with Crippen molar-refractivity contribution in [3.8, 4) is 0 Å². The average Bonchev–Trinajstić information content (AvgIpc) is 2.92. The van der Waals surface area contributed by atoms with E-state index in [1.807, 2.05) is 14.1 Å². The average molecular weight is 569 g/mol. The lowest BCUT2D eigenvalue weighted by Crippen LogP contribution is -2.42. The van der Waals surface area contributed by atoms with Gasteiger partial charge in [0.1, 0.15) is 6.29 Å². The molecule has 0 spiro atoms. The summed E-state index contributed by atoms with van der Waals surface area (Å²) >= 11 is 0. The van der Waals surface area contributed by atoms with Gasteiger partial charge in [-0.05, 0) is 32.3 Å². The van der Waals surface area contributed by atoms with Gasteiger partial charge in [0.05, 0.1) is 64.2 Å². The number of rotatable bonds is 25. The van der Waals surface area contributed by atoms with Crippen molar-refractivity contribution in [3.05, 3.63) is 23.8 Å². The largest absolute Gasteiger partial charge is 0.397 e. The van der Waals surface area contributed by atoms with Crippen molar-refractivity contribution >= 4 is 29.5 Å². The van der Waals surface area contributed by atoms with Gasteiger partial charge in [-0.2, -0.15) is 0 Å². The lowest BCUT2D eigenvalue weighted by molar-refractivity contribution is -0.122. The Morgan fingerprint density at radius 1 is 0.775 bits per heavy atom. The van der Waals surface area contributed by atoms with Gasteiger partial charge < -0.3 is 50.7 Å². The molecule has 1 aromatic rings. The maximum absolute atomic E-state index is 12.4. The molecule has 1 rings (SSSR count). The lowest BCUT2D eigenvalue weighted by atomic mass is 10.1. The summed E-state index contributed by atoms with van der Waals surface area (Å²) in [7, 11) is 4.01. The molecule has 0 aliphatic rings. The number of hydrogen-bond donors (Lipinski definition) is 4. The zero-order valence-corrected chi connectivity index (χ0v) is 24.0. The van der Waals surface area contributed by atoms with Crippen LogP contribution in [0.3, 0.4) is 0 Å². The number of anilines is 2. The van der Waals surface area contributed by atoms with E-state index in [1.165, 1.54) is 0 Å². The lowest BCUT2D eigenvalue weighted by Gasteiger charge is -2.24. The van der Waals surface area contributed by atoms with Crippen LogP contribution in [0.2, 0.25) is 0 Å². The van der Waals surface area contributed by atoms with Gasteiger partial charge >= 0.3 is 0 Å². The number of benzene rings is 1. The molecule has 0 aromatic heterocycles. The van der Waals surface area contributed by atoms with Crippen LogP contribution in [0.1, 0.15) is 23.2 Å². The van der Waals surface area contributed by atoms with Crippen molar-refractivity contribution in [2.24, 2.45) is 0 Å². The first-order valence-electron chi connectivity index (χ1n) is 13.6. The van der Waals surface area contributed by atoms with Crippen molar-refractivity contribution in [2.75, 3.05) is 118 Å². The molecule has 0 aliphatic carbocycles. The first kappa shape index (κ1) is 35.2. The second kappa shape index (κ2) is 22.9. The Hall–Kier alpha value is -2.81. The van der Waals surface area contributed by atoms with Crippen LogP contribution < -0.4 is 22.1 Å². The molecule has 0 saturated heterocycles. The van der Waals surface area contributed by atoms with Crippen LogP contribution in [0.25, 0.3) is 0 Å². The Morgan fingerprint density at radius 3 is 1.93 bits per heavy atom. The standard InChI is InChI=1S/C27H48N6O7/c1-32(2)11-12-33(10-8-31-27(36)23-4-5-24(28)25(29)22-23)9-7-30-26(35)6-15-38-17-19-40-21-20-39-18-16-37-14-3-13-34/h4-5,13,22H,3,6-12,14-21,28-29H2,1-2H3,(H,30,35)(H,31,36). The van der Waals surface area contributed by atoms with Crippen molar-refractivity contribution < 1.29 is 33.3 Å². The monoisotopic (exact) mass is 568 g/mol. The predicted octanol–water partition coefficient (Wildman–Crippen LogP) is -0.394. The number of aldehydes is 1. The Bertz CT molecular complexity index is 844. The maximum Gasteiger partial charge on any atom is 0.251 e. The summed E-state index contributed by atoms with van der Waals surface area (Å²) in [4.78, 5) is 39.0. The van der Waals surface area contributed by atoms with Gasteiger partial charge in [-0.25, -0.2) is 0 Å². The van der Waals surface area contributed by atoms with Gasteiger partial charge in [0.15, 0.2) is 0 Å². The molecule has 0 unspecified atom stereocenters. The van der Waals surface area contributed by atoms with Crippen molar-refractivity contribution in [3.63, 3.8) is 0 Å². The zero-order chi connectivity index (χ0) is 29.4. The van der Waals surface area contributed by atoms with Crippen molar-refractivity contribution in [1.82, 2.24) is 20.4 Å². The number of ether oxygens (including phenoxy) is 4. The fourth-order valence-electron chi connectivity index (χ4n) is 3.32. The molecule has 6 N–H and O–H groups in total. The van der Waals surface area contributed by atoms with Gasteiger partial charge in [-0.1, -0.05) is 0 Å². The van der Waals surface area contributed by atoms with Gasteiger partial charge in [-0.15, -0.1) is 0 Å². The molecule has 0 radical (unpaired) electrons. The number of nitrogens with zero attached hydrogens (tertiary/aromatic N) is 2. The third kappa shape index (κ3) is 18.5. The quantitative estimate of drug-likeness (QED) is 0.0688. The molecule has 13 nitrogen and oxygen atoms in total. The minimum Gasteiger partial charge on any atom is -0.397 e. The normalized spacial score (nSPS) is 11.2. The molecule has 228 valence electrons. The van der Waals surface area contributed by atoms with Crippen LogP contribution in [0.15, 0.2) is 18.2 Å². The number of hydrogen-bond acceptors (Lipinski definition) is 11. The van der Waals surface area contributed by atoms with Crippen LogP contribution in [-0.4, -0.2) is 134 Å². The van der Waals surface area contributed by atoms with Crippen LogP contribution >= 0.6 is 0 Å². The van der Waals surface area contributed by atoms with E-state index in [1.54, 1.807) is 18.2 Å². The van der Waals surface area contributed by atoms with Crippen molar-refractivity contribution in [2.45, 2.75) is 12.8 Å². The molecule has 2 amide bonds. The molecule has 1 aromatic carbocycles. The molecule has 0 heterocycles. The summed E-state index contributed by atoms with van der Waals surface area (Å²) in [5.74, 6) is -0.286.